The van der Waals surface area contributed by atoms with E-state index in [4.69, 9.17) is 4.74 Å². The highest BCUT2D eigenvalue weighted by Gasteiger charge is 2.46. The molecule has 1 aromatic carbocycles. The Morgan fingerprint density at radius 3 is 2.36 bits per heavy atom. The van der Waals surface area contributed by atoms with Crippen LogP contribution in [0.3, 0.4) is 0 Å². The third kappa shape index (κ3) is 5.32. The fourth-order valence-electron chi connectivity index (χ4n) is 6.02. The van der Waals surface area contributed by atoms with Crippen molar-refractivity contribution in [2.75, 3.05) is 45.9 Å². The van der Waals surface area contributed by atoms with Gasteiger partial charge in [-0.1, -0.05) is 31.7 Å². The lowest BCUT2D eigenvalue weighted by molar-refractivity contribution is -0.136. The van der Waals surface area contributed by atoms with Crippen LogP contribution in [0.15, 0.2) is 18.2 Å². The van der Waals surface area contributed by atoms with E-state index in [1.165, 1.54) is 38.6 Å². The molecule has 1 atom stereocenters. The Balaban J connectivity index is 1.14. The lowest BCUT2D eigenvalue weighted by Crippen LogP contribution is -2.54. The maximum Gasteiger partial charge on any atom is 0.266 e. The molecule has 0 aromatic heterocycles. The molecule has 1 aromatic rings. The standard InChI is InChI=1S/C27H36N4O5/c32-23-10-9-21(25(33)28-23)31-26(34)20-7-3-8-22(24(20)27(31)35)36-18-17-30-13-4-12-29(15-16-30)14-11-19-5-1-2-6-19/h3,7-8,19,21H,1-2,4-6,9-18H2,(H,28,32,33). The van der Waals surface area contributed by atoms with Crippen LogP contribution in [0.5, 0.6) is 5.75 Å². The summed E-state index contributed by atoms with van der Waals surface area (Å²) in [4.78, 5) is 56.0. The van der Waals surface area contributed by atoms with Crippen molar-refractivity contribution in [3.8, 4) is 5.75 Å². The van der Waals surface area contributed by atoms with Gasteiger partial charge in [0.15, 0.2) is 0 Å². The summed E-state index contributed by atoms with van der Waals surface area (Å²) in [6.45, 7) is 6.60. The Hall–Kier alpha value is -2.78. The molecule has 9 heteroatoms. The zero-order valence-electron chi connectivity index (χ0n) is 20.9. The minimum atomic E-state index is -0.975. The van der Waals surface area contributed by atoms with E-state index in [9.17, 15) is 19.2 Å². The van der Waals surface area contributed by atoms with Crippen molar-refractivity contribution in [3.63, 3.8) is 0 Å². The molecule has 194 valence electrons. The van der Waals surface area contributed by atoms with Crippen LogP contribution in [-0.4, -0.2) is 90.2 Å². The molecule has 5 rings (SSSR count). The molecule has 36 heavy (non-hydrogen) atoms. The van der Waals surface area contributed by atoms with E-state index in [2.05, 4.69) is 15.1 Å². The molecule has 1 aliphatic carbocycles. The molecule has 2 saturated heterocycles. The molecule has 4 aliphatic rings. The number of fused-ring (bicyclic) bond motifs is 1. The number of nitrogens with zero attached hydrogens (tertiary/aromatic N) is 3. The second kappa shape index (κ2) is 11.1. The van der Waals surface area contributed by atoms with Crippen LogP contribution in [0.1, 0.15) is 72.1 Å². The molecule has 9 nitrogen and oxygen atoms in total. The van der Waals surface area contributed by atoms with Crippen molar-refractivity contribution in [2.45, 2.75) is 57.4 Å². The van der Waals surface area contributed by atoms with Gasteiger partial charge >= 0.3 is 0 Å². The molecule has 3 aliphatic heterocycles. The predicted octanol–water partition coefficient (Wildman–Crippen LogP) is 2.05. The number of nitrogens with one attached hydrogen (secondary N) is 1. The number of rotatable bonds is 8. The minimum Gasteiger partial charge on any atom is -0.491 e. The van der Waals surface area contributed by atoms with Gasteiger partial charge in [-0.15, -0.1) is 0 Å². The number of hydrogen-bond donors (Lipinski definition) is 1. The predicted molar refractivity (Wildman–Crippen MR) is 133 cm³/mol. The molecule has 1 unspecified atom stereocenters. The molecular formula is C27H36N4O5. The SMILES string of the molecule is O=C1CCC(N2C(=O)c3cccc(OCCN4CCCN(CCC5CCCC5)CC4)c3C2=O)C(=O)N1. The number of piperidine rings is 1. The normalized spacial score (nSPS) is 24.2. The molecule has 1 N–H and O–H groups in total. The largest absolute Gasteiger partial charge is 0.491 e. The average Bonchev–Trinajstić information content (AvgIpc) is 3.39. The van der Waals surface area contributed by atoms with Crippen LogP contribution in [0.4, 0.5) is 0 Å². The summed E-state index contributed by atoms with van der Waals surface area (Å²) in [6.07, 6.45) is 8.30. The van der Waals surface area contributed by atoms with Crippen molar-refractivity contribution in [1.29, 1.82) is 0 Å². The number of ether oxygens (including phenoxy) is 1. The third-order valence-electron chi connectivity index (χ3n) is 8.10. The van der Waals surface area contributed by atoms with Gasteiger partial charge in [0.2, 0.25) is 11.8 Å². The molecule has 3 heterocycles. The molecule has 0 spiro atoms. The maximum atomic E-state index is 13.2. The van der Waals surface area contributed by atoms with Gasteiger partial charge < -0.3 is 9.64 Å². The second-order valence-corrected chi connectivity index (χ2v) is 10.5. The number of imide groups is 2. The first-order chi connectivity index (χ1) is 17.5. The summed E-state index contributed by atoms with van der Waals surface area (Å²) >= 11 is 0. The number of hydrogen-bond acceptors (Lipinski definition) is 7. The monoisotopic (exact) mass is 496 g/mol. The fraction of sp³-hybridized carbons (Fsp3) is 0.630. The van der Waals surface area contributed by atoms with Crippen LogP contribution in [0.2, 0.25) is 0 Å². The van der Waals surface area contributed by atoms with Crippen LogP contribution in [0, 0.1) is 5.92 Å². The van der Waals surface area contributed by atoms with Crippen molar-refractivity contribution < 1.29 is 23.9 Å². The Morgan fingerprint density at radius 1 is 0.861 bits per heavy atom. The van der Waals surface area contributed by atoms with Crippen LogP contribution in [-0.2, 0) is 9.59 Å². The maximum absolute atomic E-state index is 13.2. The first kappa shape index (κ1) is 24.9. The third-order valence-corrected chi connectivity index (χ3v) is 8.10. The van der Waals surface area contributed by atoms with Gasteiger partial charge in [0.1, 0.15) is 18.4 Å². The summed E-state index contributed by atoms with van der Waals surface area (Å²) in [7, 11) is 0. The highest BCUT2D eigenvalue weighted by atomic mass is 16.5. The van der Waals surface area contributed by atoms with Gasteiger partial charge in [-0.05, 0) is 56.9 Å². The summed E-state index contributed by atoms with van der Waals surface area (Å²) in [6, 6.07) is 4.01. The number of carbonyl (C=O) groups is 4. The van der Waals surface area contributed by atoms with Crippen LogP contribution < -0.4 is 10.1 Å². The summed E-state index contributed by atoms with van der Waals surface area (Å²) in [5.74, 6) is -0.753. The van der Waals surface area contributed by atoms with Gasteiger partial charge in [-0.25, -0.2) is 0 Å². The number of carbonyl (C=O) groups excluding carboxylic acids is 4. The van der Waals surface area contributed by atoms with Gasteiger partial charge in [0, 0.05) is 26.1 Å². The fourth-order valence-corrected chi connectivity index (χ4v) is 6.02. The molecule has 0 radical (unpaired) electrons. The summed E-state index contributed by atoms with van der Waals surface area (Å²) in [5.41, 5.74) is 0.455. The van der Waals surface area contributed by atoms with Gasteiger partial charge in [-0.2, -0.15) is 0 Å². The van der Waals surface area contributed by atoms with E-state index in [-0.39, 0.29) is 29.9 Å². The first-order valence-corrected chi connectivity index (χ1v) is 13.4. The molecule has 0 bridgehead atoms. The van der Waals surface area contributed by atoms with Crippen molar-refractivity contribution in [1.82, 2.24) is 20.0 Å². The lowest BCUT2D eigenvalue weighted by atomic mass is 10.0. The Labute approximate surface area is 212 Å². The zero-order valence-corrected chi connectivity index (χ0v) is 20.9. The van der Waals surface area contributed by atoms with Crippen LogP contribution in [0.25, 0.3) is 0 Å². The molecular weight excluding hydrogens is 460 g/mol. The summed E-state index contributed by atoms with van der Waals surface area (Å²) in [5, 5.41) is 2.23. The zero-order chi connectivity index (χ0) is 25.1. The molecule has 4 amide bonds. The van der Waals surface area contributed by atoms with E-state index in [1.807, 2.05) is 0 Å². The average molecular weight is 497 g/mol. The van der Waals surface area contributed by atoms with Gasteiger partial charge in [-0.3, -0.25) is 34.3 Å². The van der Waals surface area contributed by atoms with Gasteiger partial charge in [0.05, 0.1) is 11.1 Å². The number of benzene rings is 1. The van der Waals surface area contributed by atoms with E-state index in [0.717, 1.165) is 50.0 Å². The Bertz CT molecular complexity index is 1020. The van der Waals surface area contributed by atoms with E-state index in [0.29, 0.717) is 12.4 Å². The Morgan fingerprint density at radius 2 is 1.61 bits per heavy atom. The van der Waals surface area contributed by atoms with Crippen molar-refractivity contribution in [2.24, 2.45) is 5.92 Å². The lowest BCUT2D eigenvalue weighted by Gasteiger charge is -2.27. The van der Waals surface area contributed by atoms with E-state index < -0.39 is 23.8 Å². The van der Waals surface area contributed by atoms with Crippen molar-refractivity contribution in [3.05, 3.63) is 29.3 Å². The summed E-state index contributed by atoms with van der Waals surface area (Å²) < 4.78 is 6.02. The molecule has 3 fully saturated rings. The molecule has 1 saturated carbocycles. The topological polar surface area (TPSA) is 99.3 Å². The van der Waals surface area contributed by atoms with Crippen molar-refractivity contribution >= 4 is 23.6 Å². The highest BCUT2D eigenvalue weighted by Crippen LogP contribution is 2.33. The Kier molecular flexibility index (Phi) is 7.67. The second-order valence-electron chi connectivity index (χ2n) is 10.5. The first-order valence-electron chi connectivity index (χ1n) is 13.4. The van der Waals surface area contributed by atoms with Gasteiger partial charge in [0.25, 0.3) is 11.8 Å². The highest BCUT2D eigenvalue weighted by molar-refractivity contribution is 6.24. The van der Waals surface area contributed by atoms with E-state index in [1.54, 1.807) is 18.2 Å². The number of amides is 4. The smallest absolute Gasteiger partial charge is 0.266 e. The minimum absolute atomic E-state index is 0.0982. The van der Waals surface area contributed by atoms with Crippen LogP contribution >= 0.6 is 0 Å². The quantitative estimate of drug-likeness (QED) is 0.550. The van der Waals surface area contributed by atoms with E-state index >= 15 is 0 Å².